The van der Waals surface area contributed by atoms with Crippen molar-refractivity contribution < 1.29 is 9.13 Å². The highest BCUT2D eigenvalue weighted by atomic mass is 19.1. The van der Waals surface area contributed by atoms with E-state index in [0.29, 0.717) is 18.1 Å². The van der Waals surface area contributed by atoms with Crippen molar-refractivity contribution in [2.24, 2.45) is 0 Å². The number of ether oxygens (including phenoxy) is 1. The molecule has 3 aromatic rings. The second-order valence-corrected chi connectivity index (χ2v) is 7.35. The Morgan fingerprint density at radius 3 is 3.07 bits per heavy atom. The molecular weight excluding hydrogens is 347 g/mol. The van der Waals surface area contributed by atoms with E-state index < -0.39 is 0 Å². The minimum Gasteiger partial charge on any atom is -0.376 e. The van der Waals surface area contributed by atoms with E-state index >= 15 is 0 Å². The van der Waals surface area contributed by atoms with Gasteiger partial charge in [-0.1, -0.05) is 12.1 Å². The van der Waals surface area contributed by atoms with Crippen LogP contribution in [-0.4, -0.2) is 39.2 Å². The maximum atomic E-state index is 13.5. The van der Waals surface area contributed by atoms with Gasteiger partial charge in [0.1, 0.15) is 11.3 Å². The zero-order valence-corrected chi connectivity index (χ0v) is 15.1. The van der Waals surface area contributed by atoms with Crippen LogP contribution in [0.3, 0.4) is 0 Å². The van der Waals surface area contributed by atoms with Crippen molar-refractivity contribution in [2.45, 2.75) is 38.5 Å². The second-order valence-electron chi connectivity index (χ2n) is 7.35. The first kappa shape index (κ1) is 16.5. The molecule has 2 aromatic heterocycles. The van der Waals surface area contributed by atoms with Crippen LogP contribution in [0.1, 0.15) is 24.1 Å². The largest absolute Gasteiger partial charge is 0.376 e. The van der Waals surface area contributed by atoms with E-state index in [1.54, 1.807) is 16.8 Å². The molecule has 2 fully saturated rings. The number of rotatable bonds is 3. The zero-order chi connectivity index (χ0) is 18.5. The molecule has 0 bridgehead atoms. The number of nitrogens with zero attached hydrogens (tertiary/aromatic N) is 4. The molecule has 7 heteroatoms. The number of imidazole rings is 1. The van der Waals surface area contributed by atoms with Gasteiger partial charge in [-0.15, -0.1) is 0 Å². The number of fused-ring (bicyclic) bond motifs is 2. The average Bonchev–Trinajstić information content (AvgIpc) is 3.34. The lowest BCUT2D eigenvalue weighted by atomic mass is 10.1. The summed E-state index contributed by atoms with van der Waals surface area (Å²) in [7, 11) is 0. The van der Waals surface area contributed by atoms with Crippen LogP contribution in [0.2, 0.25) is 0 Å². The topological polar surface area (TPSA) is 51.8 Å². The lowest BCUT2D eigenvalue weighted by Crippen LogP contribution is -2.34. The third kappa shape index (κ3) is 2.65. The number of benzene rings is 1. The number of anilines is 1. The van der Waals surface area contributed by atoms with Gasteiger partial charge in [0.25, 0.3) is 5.56 Å². The van der Waals surface area contributed by atoms with Crippen molar-refractivity contribution in [3.8, 4) is 0 Å². The fourth-order valence-corrected chi connectivity index (χ4v) is 4.37. The zero-order valence-electron chi connectivity index (χ0n) is 15.1. The van der Waals surface area contributed by atoms with Crippen molar-refractivity contribution in [2.75, 3.05) is 18.1 Å². The lowest BCUT2D eigenvalue weighted by molar-refractivity contribution is 0.113. The monoisotopic (exact) mass is 368 g/mol. The highest BCUT2D eigenvalue weighted by Gasteiger charge is 2.40. The molecule has 0 N–H and O–H groups in total. The fourth-order valence-electron chi connectivity index (χ4n) is 4.37. The van der Waals surface area contributed by atoms with Gasteiger partial charge >= 0.3 is 0 Å². The number of hydrogen-bond donors (Lipinski definition) is 0. The highest BCUT2D eigenvalue weighted by molar-refractivity contribution is 5.53. The van der Waals surface area contributed by atoms with Gasteiger partial charge < -0.3 is 14.2 Å². The van der Waals surface area contributed by atoms with Crippen LogP contribution in [0, 0.1) is 12.7 Å². The molecule has 2 saturated heterocycles. The molecule has 0 aliphatic carbocycles. The van der Waals surface area contributed by atoms with Gasteiger partial charge in [0.05, 0.1) is 24.9 Å². The Labute approximate surface area is 155 Å². The molecule has 1 unspecified atom stereocenters. The maximum absolute atomic E-state index is 13.5. The van der Waals surface area contributed by atoms with Gasteiger partial charge in [0.15, 0.2) is 0 Å². The molecule has 1 aromatic carbocycles. The van der Waals surface area contributed by atoms with Crippen molar-refractivity contribution in [1.29, 1.82) is 0 Å². The van der Waals surface area contributed by atoms with Crippen LogP contribution in [-0.2, 0) is 11.3 Å². The first-order valence-corrected chi connectivity index (χ1v) is 9.32. The van der Waals surface area contributed by atoms with E-state index in [-0.39, 0.29) is 17.5 Å². The summed E-state index contributed by atoms with van der Waals surface area (Å²) in [6, 6.07) is 6.69. The summed E-state index contributed by atoms with van der Waals surface area (Å²) in [5.74, 6) is 0.509. The highest BCUT2D eigenvalue weighted by Crippen LogP contribution is 2.32. The van der Waals surface area contributed by atoms with E-state index in [2.05, 4.69) is 9.88 Å². The molecule has 2 atom stereocenters. The summed E-state index contributed by atoms with van der Waals surface area (Å²) in [4.78, 5) is 19.9. The fraction of sp³-hybridized carbons (Fsp3) is 0.400. The van der Waals surface area contributed by atoms with Crippen LogP contribution in [0.25, 0.3) is 5.52 Å². The van der Waals surface area contributed by atoms with E-state index in [1.807, 2.05) is 23.6 Å². The number of hydrogen-bond acceptors (Lipinski definition) is 4. The number of halogens is 1. The van der Waals surface area contributed by atoms with Crippen LogP contribution in [0.15, 0.2) is 41.5 Å². The number of aryl methyl sites for hydroxylation is 1. The summed E-state index contributed by atoms with van der Waals surface area (Å²) in [6.45, 7) is 3.91. The Bertz CT molecular complexity index is 1070. The normalized spacial score (nSPS) is 21.9. The molecule has 140 valence electrons. The third-order valence-electron chi connectivity index (χ3n) is 5.70. The summed E-state index contributed by atoms with van der Waals surface area (Å²) in [5, 5.41) is 0. The van der Waals surface area contributed by atoms with Gasteiger partial charge in [-0.3, -0.25) is 9.20 Å². The van der Waals surface area contributed by atoms with E-state index in [4.69, 9.17) is 4.74 Å². The smallest absolute Gasteiger partial charge is 0.277 e. The molecule has 4 heterocycles. The van der Waals surface area contributed by atoms with Gasteiger partial charge in [-0.2, -0.15) is 0 Å². The van der Waals surface area contributed by atoms with Crippen molar-refractivity contribution in [1.82, 2.24) is 14.0 Å². The van der Waals surface area contributed by atoms with Gasteiger partial charge in [-0.25, -0.2) is 9.37 Å². The van der Waals surface area contributed by atoms with Crippen molar-refractivity contribution in [3.05, 3.63) is 64.1 Å². The quantitative estimate of drug-likeness (QED) is 0.712. The molecule has 0 radical (unpaired) electrons. The Kier molecular flexibility index (Phi) is 3.79. The lowest BCUT2D eigenvalue weighted by Gasteiger charge is -2.23. The van der Waals surface area contributed by atoms with E-state index in [0.717, 1.165) is 43.2 Å². The van der Waals surface area contributed by atoms with E-state index in [1.165, 1.54) is 12.1 Å². The van der Waals surface area contributed by atoms with E-state index in [9.17, 15) is 9.18 Å². The van der Waals surface area contributed by atoms with Gasteiger partial charge in [-0.05, 0) is 37.5 Å². The third-order valence-corrected chi connectivity index (χ3v) is 5.70. The van der Waals surface area contributed by atoms with Crippen LogP contribution in [0.5, 0.6) is 0 Å². The minimum atomic E-state index is -0.298. The maximum Gasteiger partial charge on any atom is 0.277 e. The van der Waals surface area contributed by atoms with Crippen LogP contribution >= 0.6 is 0 Å². The summed E-state index contributed by atoms with van der Waals surface area (Å²) in [6.07, 6.45) is 5.85. The first-order chi connectivity index (χ1) is 13.1. The standard InChI is InChI=1S/C20H21FN4O2/c1-13-11-25-17(19(26)24(13)12-14-3-2-4-15(21)9-14)10-22-20(25)23-7-5-18-16(23)6-8-27-18/h2-4,9-11,16,18H,5-8,12H2,1H3/t16-,18?/m1/s1. The molecule has 5 rings (SSSR count). The SMILES string of the molecule is Cc1cn2c(N3CCC4OCC[C@H]43)ncc2c(=O)n1Cc1cccc(F)c1. The molecule has 2 aliphatic rings. The van der Waals surface area contributed by atoms with Crippen molar-refractivity contribution in [3.63, 3.8) is 0 Å². The van der Waals surface area contributed by atoms with Gasteiger partial charge in [0.2, 0.25) is 5.95 Å². The molecule has 0 spiro atoms. The Balaban J connectivity index is 1.56. The Morgan fingerprint density at radius 2 is 2.22 bits per heavy atom. The Morgan fingerprint density at radius 1 is 1.33 bits per heavy atom. The summed E-state index contributed by atoms with van der Waals surface area (Å²) < 4.78 is 22.8. The molecule has 0 amide bonds. The minimum absolute atomic E-state index is 0.114. The first-order valence-electron chi connectivity index (χ1n) is 9.32. The van der Waals surface area contributed by atoms with Gasteiger partial charge in [0, 0.05) is 25.0 Å². The predicted octanol–water partition coefficient (Wildman–Crippen LogP) is 2.36. The summed E-state index contributed by atoms with van der Waals surface area (Å²) >= 11 is 0. The Hall–Kier alpha value is -2.67. The van der Waals surface area contributed by atoms with Crippen molar-refractivity contribution >= 4 is 11.5 Å². The molecule has 27 heavy (non-hydrogen) atoms. The predicted molar refractivity (Wildman–Crippen MR) is 99.8 cm³/mol. The van der Waals surface area contributed by atoms with Crippen LogP contribution < -0.4 is 10.5 Å². The average molecular weight is 368 g/mol. The second kappa shape index (κ2) is 6.20. The number of aromatic nitrogens is 3. The molecule has 6 nitrogen and oxygen atoms in total. The summed E-state index contributed by atoms with van der Waals surface area (Å²) in [5.41, 5.74) is 2.00. The molecule has 0 saturated carbocycles. The van der Waals surface area contributed by atoms with Crippen LogP contribution in [0.4, 0.5) is 10.3 Å². The molecular formula is C20H21FN4O2. The molecule has 2 aliphatic heterocycles.